The van der Waals surface area contributed by atoms with E-state index in [2.05, 4.69) is 20.9 Å². The number of carbonyl (C=O) groups excluding carboxylic acids is 3. The zero-order valence-corrected chi connectivity index (χ0v) is 26.1. The number of nitrogens with one attached hydrogen (secondary N) is 3. The number of amides is 3. The third kappa shape index (κ3) is 10.5. The SMILES string of the molecule is CC(C)(C)OC(=O)NC(C)(C)C(=O)N[C@H](COCc1ccccc1)C(=O)Nc1cn(C(C(=O)O)c2ccc(C(F)(F)F)cc2F)cn1. The molecule has 0 aliphatic carbocycles. The van der Waals surface area contributed by atoms with Crippen molar-refractivity contribution in [2.45, 2.75) is 70.6 Å². The summed E-state index contributed by atoms with van der Waals surface area (Å²) >= 11 is 0. The van der Waals surface area contributed by atoms with Crippen LogP contribution in [0.2, 0.25) is 0 Å². The minimum Gasteiger partial charge on any atom is -0.479 e. The van der Waals surface area contributed by atoms with E-state index >= 15 is 0 Å². The predicted octanol–water partition coefficient (Wildman–Crippen LogP) is 4.66. The Morgan fingerprint density at radius 2 is 1.66 bits per heavy atom. The molecule has 4 N–H and O–H groups in total. The lowest BCUT2D eigenvalue weighted by Gasteiger charge is -2.29. The topological polar surface area (TPSA) is 161 Å². The largest absolute Gasteiger partial charge is 0.479 e. The van der Waals surface area contributed by atoms with Crippen molar-refractivity contribution in [1.82, 2.24) is 20.2 Å². The van der Waals surface area contributed by atoms with E-state index in [1.54, 1.807) is 51.1 Å². The van der Waals surface area contributed by atoms with E-state index in [0.717, 1.165) is 22.7 Å². The summed E-state index contributed by atoms with van der Waals surface area (Å²) in [5, 5.41) is 17.1. The van der Waals surface area contributed by atoms with Crippen molar-refractivity contribution < 1.29 is 51.3 Å². The minimum absolute atomic E-state index is 0.0770. The predicted molar refractivity (Wildman–Crippen MR) is 160 cm³/mol. The molecule has 3 aromatic rings. The molecule has 12 nitrogen and oxygen atoms in total. The highest BCUT2D eigenvalue weighted by atomic mass is 19.4. The lowest BCUT2D eigenvalue weighted by molar-refractivity contribution is -0.139. The number of imidazole rings is 1. The maximum Gasteiger partial charge on any atom is 0.416 e. The van der Waals surface area contributed by atoms with E-state index in [4.69, 9.17) is 9.47 Å². The lowest BCUT2D eigenvalue weighted by Crippen LogP contribution is -2.59. The van der Waals surface area contributed by atoms with Gasteiger partial charge in [-0.3, -0.25) is 9.59 Å². The van der Waals surface area contributed by atoms with E-state index in [-0.39, 0.29) is 25.1 Å². The zero-order chi connectivity index (χ0) is 35.2. The first-order valence-electron chi connectivity index (χ1n) is 14.1. The van der Waals surface area contributed by atoms with Gasteiger partial charge < -0.3 is 35.1 Å². The van der Waals surface area contributed by atoms with Crippen molar-refractivity contribution in [1.29, 1.82) is 0 Å². The molecule has 0 fully saturated rings. The number of aliphatic carboxylic acids is 1. The number of nitrogens with zero attached hydrogens (tertiary/aromatic N) is 2. The average Bonchev–Trinajstić information content (AvgIpc) is 3.39. The van der Waals surface area contributed by atoms with Crippen molar-refractivity contribution in [2.75, 3.05) is 11.9 Å². The van der Waals surface area contributed by atoms with Crippen LogP contribution in [0.15, 0.2) is 61.1 Å². The van der Waals surface area contributed by atoms with E-state index in [1.807, 2.05) is 0 Å². The first kappa shape index (κ1) is 36.5. The number of rotatable bonds is 12. The van der Waals surface area contributed by atoms with Crippen molar-refractivity contribution in [3.05, 3.63) is 83.6 Å². The molecule has 2 atom stereocenters. The average molecular weight is 666 g/mol. The number of carboxylic acid groups (broad SMARTS) is 1. The number of hydrogen-bond acceptors (Lipinski definition) is 7. The summed E-state index contributed by atoms with van der Waals surface area (Å²) < 4.78 is 65.4. The highest BCUT2D eigenvalue weighted by molar-refractivity contribution is 5.98. The number of carbonyl (C=O) groups is 4. The number of halogens is 4. The van der Waals surface area contributed by atoms with Crippen LogP contribution >= 0.6 is 0 Å². The second kappa shape index (κ2) is 14.6. The second-order valence-electron chi connectivity index (χ2n) is 11.9. The summed E-state index contributed by atoms with van der Waals surface area (Å²) in [5.74, 6) is -4.87. The fraction of sp³-hybridized carbons (Fsp3) is 0.387. The van der Waals surface area contributed by atoms with E-state index in [0.29, 0.717) is 12.1 Å². The third-order valence-corrected chi connectivity index (χ3v) is 6.41. The zero-order valence-electron chi connectivity index (χ0n) is 26.1. The Balaban J connectivity index is 1.80. The lowest BCUT2D eigenvalue weighted by atomic mass is 10.0. The minimum atomic E-state index is -4.84. The molecule has 0 bridgehead atoms. The molecular weight excluding hydrogens is 630 g/mol. The summed E-state index contributed by atoms with van der Waals surface area (Å²) in [4.78, 5) is 54.8. The smallest absolute Gasteiger partial charge is 0.416 e. The van der Waals surface area contributed by atoms with Crippen molar-refractivity contribution >= 4 is 29.7 Å². The fourth-order valence-electron chi connectivity index (χ4n) is 4.11. The Bertz CT molecular complexity index is 1590. The van der Waals surface area contributed by atoms with Gasteiger partial charge in [0.15, 0.2) is 11.9 Å². The van der Waals surface area contributed by atoms with Gasteiger partial charge in [0.25, 0.3) is 5.91 Å². The van der Waals surface area contributed by atoms with Crippen LogP contribution in [0.5, 0.6) is 0 Å². The summed E-state index contributed by atoms with van der Waals surface area (Å²) in [6.45, 7) is 7.44. The van der Waals surface area contributed by atoms with Crippen LogP contribution in [-0.2, 0) is 36.6 Å². The van der Waals surface area contributed by atoms with Gasteiger partial charge in [-0.05, 0) is 52.3 Å². The van der Waals surface area contributed by atoms with Gasteiger partial charge in [0.1, 0.15) is 23.0 Å². The van der Waals surface area contributed by atoms with E-state index in [9.17, 15) is 41.8 Å². The number of carboxylic acids is 1. The number of hydrogen-bond donors (Lipinski definition) is 4. The van der Waals surface area contributed by atoms with Crippen LogP contribution in [0.3, 0.4) is 0 Å². The first-order valence-corrected chi connectivity index (χ1v) is 14.1. The molecule has 0 aliphatic rings. The molecule has 0 saturated heterocycles. The molecule has 1 heterocycles. The molecule has 0 saturated carbocycles. The molecule has 1 unspecified atom stereocenters. The third-order valence-electron chi connectivity index (χ3n) is 6.41. The maximum atomic E-state index is 14.7. The van der Waals surface area contributed by atoms with Gasteiger partial charge in [0, 0.05) is 11.8 Å². The Labute approximate surface area is 267 Å². The van der Waals surface area contributed by atoms with E-state index in [1.165, 1.54) is 13.8 Å². The van der Waals surface area contributed by atoms with Gasteiger partial charge in [0.05, 0.1) is 25.1 Å². The van der Waals surface area contributed by atoms with Crippen LogP contribution in [0.25, 0.3) is 0 Å². The number of benzene rings is 2. The standard InChI is InChI=1S/C31H35F4N5O7/c1-29(2,3)47-28(45)39-30(4,5)27(44)37-22(16-46-15-18-9-7-6-8-10-18)25(41)38-23-14-40(17-36-23)24(26(42)43)20-12-11-19(13-21(20)32)31(33,34)35/h6-14,17,22,24H,15-16H2,1-5H3,(H,37,44)(H,38,41)(H,39,45)(H,42,43)/t22-,24?/m1/s1. The highest BCUT2D eigenvalue weighted by Gasteiger charge is 2.36. The normalized spacial score (nSPS) is 13.3. The van der Waals surface area contributed by atoms with Gasteiger partial charge in [-0.15, -0.1) is 0 Å². The number of ether oxygens (including phenoxy) is 2. The number of alkyl halides is 3. The van der Waals surface area contributed by atoms with Crippen LogP contribution in [-0.4, -0.2) is 62.3 Å². The summed E-state index contributed by atoms with van der Waals surface area (Å²) in [5.41, 5.74) is -3.50. The van der Waals surface area contributed by atoms with Gasteiger partial charge >= 0.3 is 18.2 Å². The van der Waals surface area contributed by atoms with E-state index < -0.39 is 70.2 Å². The number of alkyl carbamates (subject to hydrolysis) is 1. The second-order valence-corrected chi connectivity index (χ2v) is 11.9. The van der Waals surface area contributed by atoms with Gasteiger partial charge in [-0.25, -0.2) is 19.0 Å². The molecule has 2 aromatic carbocycles. The summed E-state index contributed by atoms with van der Waals surface area (Å²) in [7, 11) is 0. The molecule has 0 spiro atoms. The van der Waals surface area contributed by atoms with Crippen LogP contribution < -0.4 is 16.0 Å². The summed E-state index contributed by atoms with van der Waals surface area (Å²) in [6.07, 6.45) is -3.74. The number of aromatic nitrogens is 2. The molecule has 0 radical (unpaired) electrons. The molecule has 16 heteroatoms. The quantitative estimate of drug-likeness (QED) is 0.203. The van der Waals surface area contributed by atoms with Crippen LogP contribution in [0, 0.1) is 5.82 Å². The van der Waals surface area contributed by atoms with Gasteiger partial charge in [-0.1, -0.05) is 36.4 Å². The fourth-order valence-corrected chi connectivity index (χ4v) is 4.11. The molecule has 3 rings (SSSR count). The highest BCUT2D eigenvalue weighted by Crippen LogP contribution is 2.32. The van der Waals surface area contributed by atoms with Gasteiger partial charge in [0.2, 0.25) is 5.91 Å². The van der Waals surface area contributed by atoms with Gasteiger partial charge in [-0.2, -0.15) is 13.2 Å². The van der Waals surface area contributed by atoms with Crippen molar-refractivity contribution in [3.63, 3.8) is 0 Å². The monoisotopic (exact) mass is 665 g/mol. The summed E-state index contributed by atoms with van der Waals surface area (Å²) in [6, 6.07) is 7.19. The Kier molecular flexibility index (Phi) is 11.3. The maximum absolute atomic E-state index is 14.7. The Hall–Kier alpha value is -4.99. The Morgan fingerprint density at radius 1 is 1.00 bits per heavy atom. The number of anilines is 1. The molecule has 0 aliphatic heterocycles. The Morgan fingerprint density at radius 3 is 2.23 bits per heavy atom. The molecule has 47 heavy (non-hydrogen) atoms. The van der Waals surface area contributed by atoms with Crippen molar-refractivity contribution in [2.24, 2.45) is 0 Å². The molecule has 1 aromatic heterocycles. The van der Waals surface area contributed by atoms with Crippen molar-refractivity contribution in [3.8, 4) is 0 Å². The molecular formula is C31H35F4N5O7. The van der Waals surface area contributed by atoms with Crippen LogP contribution in [0.1, 0.15) is 57.4 Å². The van der Waals surface area contributed by atoms with Crippen LogP contribution in [0.4, 0.5) is 28.2 Å². The molecule has 254 valence electrons. The first-order chi connectivity index (χ1) is 21.8. The molecule has 3 amide bonds.